The molecule has 2 aromatic heterocycles. The number of alkyl halides is 6. The van der Waals surface area contributed by atoms with Crippen molar-refractivity contribution in [2.24, 2.45) is 0 Å². The molecule has 4 rings (SSSR count). The van der Waals surface area contributed by atoms with E-state index in [1.807, 2.05) is 12.2 Å². The van der Waals surface area contributed by atoms with Crippen LogP contribution < -0.4 is 16.0 Å². The number of anilines is 2. The number of hydrogen-bond donors (Lipinski definition) is 4. The first-order valence-electron chi connectivity index (χ1n) is 11.4. The summed E-state index contributed by atoms with van der Waals surface area (Å²) in [6.45, 7) is 2.66. The summed E-state index contributed by atoms with van der Waals surface area (Å²) in [5, 5.41) is 8.21. The SMILES string of the molecule is CCN[C@H]1CCC[C@@H]1Nc1ncc(C(F)(F)F)c(-c2c[nH]c3c(C(F)(F)F)c(NC(=O)OC)ccc23)n1. The first-order chi connectivity index (χ1) is 17.4. The Morgan fingerprint density at radius 2 is 1.86 bits per heavy atom. The molecule has 4 N–H and O–H groups in total. The molecule has 200 valence electrons. The van der Waals surface area contributed by atoms with Gasteiger partial charge in [-0.05, 0) is 31.9 Å². The van der Waals surface area contributed by atoms with Crippen LogP contribution in [0.5, 0.6) is 0 Å². The number of halogens is 6. The number of carbonyl (C=O) groups is 1. The third kappa shape index (κ3) is 5.43. The maximum Gasteiger partial charge on any atom is 0.420 e. The average Bonchev–Trinajstić information content (AvgIpc) is 3.44. The number of nitrogens with zero attached hydrogens (tertiary/aromatic N) is 2. The van der Waals surface area contributed by atoms with Crippen LogP contribution in [-0.4, -0.2) is 46.8 Å². The molecule has 1 aromatic carbocycles. The van der Waals surface area contributed by atoms with Gasteiger partial charge in [-0.25, -0.2) is 14.8 Å². The lowest BCUT2D eigenvalue weighted by Crippen LogP contribution is -2.40. The molecule has 0 aliphatic heterocycles. The highest BCUT2D eigenvalue weighted by Gasteiger charge is 2.39. The van der Waals surface area contributed by atoms with Crippen LogP contribution in [0.15, 0.2) is 24.5 Å². The van der Waals surface area contributed by atoms with Crippen molar-refractivity contribution >= 4 is 28.6 Å². The second-order valence-electron chi connectivity index (χ2n) is 8.53. The molecule has 1 fully saturated rings. The summed E-state index contributed by atoms with van der Waals surface area (Å²) < 4.78 is 88.0. The number of likely N-dealkylation sites (N-methyl/N-ethyl adjacent to an activating group) is 1. The molecule has 0 saturated heterocycles. The Kier molecular flexibility index (Phi) is 7.22. The van der Waals surface area contributed by atoms with Gasteiger partial charge < -0.3 is 20.4 Å². The topological polar surface area (TPSA) is 104 Å². The van der Waals surface area contributed by atoms with E-state index in [2.05, 4.69) is 30.3 Å². The van der Waals surface area contributed by atoms with Crippen LogP contribution in [0.25, 0.3) is 22.2 Å². The molecule has 0 unspecified atom stereocenters. The van der Waals surface area contributed by atoms with Crippen LogP contribution in [0, 0.1) is 0 Å². The number of aromatic nitrogens is 3. The number of carbonyl (C=O) groups excluding carboxylic acids is 1. The number of benzene rings is 1. The number of H-pyrrole nitrogens is 1. The van der Waals surface area contributed by atoms with Gasteiger partial charge in [0.15, 0.2) is 0 Å². The summed E-state index contributed by atoms with van der Waals surface area (Å²) in [4.78, 5) is 21.9. The summed E-state index contributed by atoms with van der Waals surface area (Å²) in [5.41, 5.74) is -4.35. The molecule has 1 amide bonds. The van der Waals surface area contributed by atoms with Crippen LogP contribution in [0.3, 0.4) is 0 Å². The third-order valence-corrected chi connectivity index (χ3v) is 6.21. The van der Waals surface area contributed by atoms with E-state index in [9.17, 15) is 31.1 Å². The van der Waals surface area contributed by atoms with E-state index >= 15 is 0 Å². The summed E-state index contributed by atoms with van der Waals surface area (Å²) >= 11 is 0. The maximum absolute atomic E-state index is 14.0. The zero-order valence-electron chi connectivity index (χ0n) is 19.8. The minimum Gasteiger partial charge on any atom is -0.453 e. The number of methoxy groups -OCH3 is 1. The second kappa shape index (κ2) is 10.1. The average molecular weight is 530 g/mol. The van der Waals surface area contributed by atoms with Crippen LogP contribution >= 0.6 is 0 Å². The number of rotatable bonds is 6. The largest absolute Gasteiger partial charge is 0.453 e. The van der Waals surface area contributed by atoms with E-state index in [0.29, 0.717) is 12.7 Å². The molecule has 2 heterocycles. The van der Waals surface area contributed by atoms with Crippen LogP contribution in [-0.2, 0) is 17.1 Å². The lowest BCUT2D eigenvalue weighted by molar-refractivity contribution is -0.137. The first-order valence-corrected chi connectivity index (χ1v) is 11.4. The van der Waals surface area contributed by atoms with E-state index in [-0.39, 0.29) is 29.0 Å². The Labute approximate surface area is 207 Å². The molecule has 0 radical (unpaired) electrons. The van der Waals surface area contributed by atoms with E-state index in [0.717, 1.165) is 38.6 Å². The normalized spacial score (nSPS) is 18.3. The van der Waals surface area contributed by atoms with Crippen molar-refractivity contribution in [3.63, 3.8) is 0 Å². The molecular weight excluding hydrogens is 506 g/mol. The van der Waals surface area contributed by atoms with Crippen molar-refractivity contribution in [3.05, 3.63) is 35.7 Å². The van der Waals surface area contributed by atoms with Crippen LogP contribution in [0.2, 0.25) is 0 Å². The first kappa shape index (κ1) is 26.5. The van der Waals surface area contributed by atoms with Gasteiger partial charge in [-0.15, -0.1) is 0 Å². The van der Waals surface area contributed by atoms with Crippen LogP contribution in [0.4, 0.5) is 42.8 Å². The fourth-order valence-corrected chi connectivity index (χ4v) is 4.62. The number of aromatic amines is 1. The number of nitrogens with one attached hydrogen (secondary N) is 4. The second-order valence-corrected chi connectivity index (χ2v) is 8.53. The summed E-state index contributed by atoms with van der Waals surface area (Å²) in [6.07, 6.45) is -6.75. The van der Waals surface area contributed by atoms with Crippen molar-refractivity contribution in [2.45, 2.75) is 50.6 Å². The van der Waals surface area contributed by atoms with Gasteiger partial charge in [0, 0.05) is 35.4 Å². The minimum atomic E-state index is -4.95. The van der Waals surface area contributed by atoms with Crippen molar-refractivity contribution in [3.8, 4) is 11.3 Å². The van der Waals surface area contributed by atoms with E-state index in [1.54, 1.807) is 0 Å². The molecule has 3 aromatic rings. The van der Waals surface area contributed by atoms with Crippen molar-refractivity contribution in [1.29, 1.82) is 0 Å². The Hall–Kier alpha value is -3.55. The van der Waals surface area contributed by atoms with Gasteiger partial charge in [-0.1, -0.05) is 13.0 Å². The standard InChI is InChI=1S/C23H24F6N6O2/c1-3-30-14-5-4-6-15(14)33-20-32-10-13(22(24,25)26)18(35-20)12-9-31-19-11(12)7-8-16(34-21(36)37-2)17(19)23(27,28)29/h7-10,14-15,30-31H,3-6H2,1-2H3,(H,34,36)(H,32,33,35)/t14-,15-/m0/s1. The van der Waals surface area contributed by atoms with Crippen molar-refractivity contribution in [1.82, 2.24) is 20.3 Å². The van der Waals surface area contributed by atoms with Gasteiger partial charge in [0.05, 0.1) is 24.0 Å². The molecule has 0 spiro atoms. The molecular formula is C23H24F6N6O2. The molecule has 8 nitrogen and oxygen atoms in total. The Balaban J connectivity index is 1.83. The predicted octanol–water partition coefficient (Wildman–Crippen LogP) is 5.78. The number of fused-ring (bicyclic) bond motifs is 1. The number of hydrogen-bond acceptors (Lipinski definition) is 6. The third-order valence-electron chi connectivity index (χ3n) is 6.21. The molecule has 0 bridgehead atoms. The Morgan fingerprint density at radius 3 is 2.51 bits per heavy atom. The molecule has 1 saturated carbocycles. The van der Waals surface area contributed by atoms with Crippen LogP contribution in [0.1, 0.15) is 37.3 Å². The fourth-order valence-electron chi connectivity index (χ4n) is 4.62. The lowest BCUT2D eigenvalue weighted by Gasteiger charge is -2.22. The summed E-state index contributed by atoms with van der Waals surface area (Å²) in [5.74, 6) is -0.0628. The Bertz CT molecular complexity index is 1290. The van der Waals surface area contributed by atoms with Crippen molar-refractivity contribution in [2.75, 3.05) is 24.3 Å². The van der Waals surface area contributed by atoms with Gasteiger partial charge in [0.2, 0.25) is 5.95 Å². The quantitative estimate of drug-likeness (QED) is 0.301. The molecule has 1 aliphatic carbocycles. The lowest BCUT2D eigenvalue weighted by atomic mass is 10.0. The van der Waals surface area contributed by atoms with E-state index in [4.69, 9.17) is 0 Å². The smallest absolute Gasteiger partial charge is 0.420 e. The predicted molar refractivity (Wildman–Crippen MR) is 124 cm³/mol. The Morgan fingerprint density at radius 1 is 1.14 bits per heavy atom. The van der Waals surface area contributed by atoms with Gasteiger partial charge in [0.1, 0.15) is 11.1 Å². The molecule has 14 heteroatoms. The van der Waals surface area contributed by atoms with Gasteiger partial charge in [-0.3, -0.25) is 5.32 Å². The zero-order chi connectivity index (χ0) is 27.0. The van der Waals surface area contributed by atoms with Gasteiger partial charge >= 0.3 is 18.4 Å². The molecule has 2 atom stereocenters. The summed E-state index contributed by atoms with van der Waals surface area (Å²) in [6, 6.07) is 2.10. The van der Waals surface area contributed by atoms with Crippen molar-refractivity contribution < 1.29 is 35.9 Å². The maximum atomic E-state index is 14.0. The van der Waals surface area contributed by atoms with Gasteiger partial charge in [-0.2, -0.15) is 26.3 Å². The molecule has 37 heavy (non-hydrogen) atoms. The number of amides is 1. The highest BCUT2D eigenvalue weighted by Crippen LogP contribution is 2.44. The number of ether oxygens (including phenoxy) is 1. The minimum absolute atomic E-state index is 0.0628. The molecule has 1 aliphatic rings. The zero-order valence-corrected chi connectivity index (χ0v) is 19.8. The summed E-state index contributed by atoms with van der Waals surface area (Å²) in [7, 11) is 0.985. The van der Waals surface area contributed by atoms with Gasteiger partial charge in [0.25, 0.3) is 0 Å². The van der Waals surface area contributed by atoms with E-state index < -0.39 is 46.5 Å². The van der Waals surface area contributed by atoms with E-state index in [1.165, 1.54) is 6.07 Å². The highest BCUT2D eigenvalue weighted by molar-refractivity contribution is 6.01. The monoisotopic (exact) mass is 530 g/mol. The fraction of sp³-hybridized carbons (Fsp3) is 0.435. The highest BCUT2D eigenvalue weighted by atomic mass is 19.4.